The fourth-order valence-corrected chi connectivity index (χ4v) is 4.75. The van der Waals surface area contributed by atoms with Crippen LogP contribution < -0.4 is 15.1 Å². The van der Waals surface area contributed by atoms with Gasteiger partial charge < -0.3 is 10.2 Å². The van der Waals surface area contributed by atoms with Crippen LogP contribution in [-0.4, -0.2) is 50.8 Å². The van der Waals surface area contributed by atoms with Crippen LogP contribution in [-0.2, 0) is 13.1 Å². The molecule has 0 saturated heterocycles. The minimum absolute atomic E-state index is 0.0750. The molecule has 1 aromatic carbocycles. The van der Waals surface area contributed by atoms with Gasteiger partial charge in [-0.1, -0.05) is 24.3 Å². The number of pyridine rings is 2. The molecular weight excluding hydrogens is 464 g/mol. The maximum absolute atomic E-state index is 13.7. The summed E-state index contributed by atoms with van der Waals surface area (Å²) in [4.78, 5) is 27.2. The molecule has 37 heavy (non-hydrogen) atoms. The number of aromatic nitrogens is 5. The Morgan fingerprint density at radius 3 is 2.51 bits per heavy atom. The molecule has 0 spiro atoms. The highest BCUT2D eigenvalue weighted by atomic mass is 16.2. The van der Waals surface area contributed by atoms with Crippen molar-refractivity contribution in [3.63, 3.8) is 0 Å². The van der Waals surface area contributed by atoms with Crippen LogP contribution >= 0.6 is 0 Å². The van der Waals surface area contributed by atoms with E-state index in [0.29, 0.717) is 36.0 Å². The standard InChI is InChI=1S/C28H32N8O/c1-17(2)34(6)25-13-20-21(23(32-25)14-29-5)15-35(28(20)37)24-12-8-11-22(31-24)27-33-30-16-36(27)26-18(3)9-7-10-19(26)4/h7-13,16-17,29H,14-15H2,1-6H3. The molecular formula is C28H32N8O. The molecule has 4 aromatic rings. The molecule has 0 atom stereocenters. The van der Waals surface area contributed by atoms with Gasteiger partial charge in [0, 0.05) is 25.2 Å². The van der Waals surface area contributed by atoms with Crippen molar-refractivity contribution < 1.29 is 4.79 Å². The molecule has 4 heterocycles. The topological polar surface area (TPSA) is 92.1 Å². The van der Waals surface area contributed by atoms with Crippen molar-refractivity contribution >= 4 is 17.5 Å². The van der Waals surface area contributed by atoms with Crippen LogP contribution in [0.3, 0.4) is 0 Å². The largest absolute Gasteiger partial charge is 0.357 e. The van der Waals surface area contributed by atoms with Crippen LogP contribution in [0.4, 0.5) is 11.6 Å². The van der Waals surface area contributed by atoms with Crippen LogP contribution in [0.2, 0.25) is 0 Å². The summed E-state index contributed by atoms with van der Waals surface area (Å²) < 4.78 is 1.96. The van der Waals surface area contributed by atoms with Gasteiger partial charge in [-0.05, 0) is 64.1 Å². The normalized spacial score (nSPS) is 12.9. The highest BCUT2D eigenvalue weighted by Crippen LogP contribution is 2.33. The molecule has 3 aromatic heterocycles. The van der Waals surface area contributed by atoms with Crippen molar-refractivity contribution in [2.24, 2.45) is 0 Å². The first-order valence-corrected chi connectivity index (χ1v) is 12.5. The van der Waals surface area contributed by atoms with Crippen molar-refractivity contribution in [2.45, 2.75) is 46.8 Å². The summed E-state index contributed by atoms with van der Waals surface area (Å²) in [6.07, 6.45) is 1.71. The van der Waals surface area contributed by atoms with Crippen molar-refractivity contribution in [1.82, 2.24) is 30.0 Å². The first kappa shape index (κ1) is 24.6. The highest BCUT2D eigenvalue weighted by molar-refractivity contribution is 6.10. The molecule has 1 N–H and O–H groups in total. The average molecular weight is 497 g/mol. The first-order chi connectivity index (χ1) is 17.8. The van der Waals surface area contributed by atoms with Gasteiger partial charge in [-0.3, -0.25) is 14.3 Å². The van der Waals surface area contributed by atoms with Crippen LogP contribution in [0.5, 0.6) is 0 Å². The second kappa shape index (κ2) is 9.74. The fraction of sp³-hybridized carbons (Fsp3) is 0.321. The number of fused-ring (bicyclic) bond motifs is 1. The fourth-order valence-electron chi connectivity index (χ4n) is 4.75. The predicted molar refractivity (Wildman–Crippen MR) is 145 cm³/mol. The number of nitrogens with one attached hydrogen (secondary N) is 1. The molecule has 5 rings (SSSR count). The molecule has 9 heteroatoms. The van der Waals surface area contributed by atoms with Crippen LogP contribution in [0.25, 0.3) is 17.2 Å². The Morgan fingerprint density at radius 2 is 1.81 bits per heavy atom. The van der Waals surface area contributed by atoms with E-state index in [4.69, 9.17) is 9.97 Å². The molecule has 1 aliphatic heterocycles. The number of aryl methyl sites for hydroxylation is 2. The average Bonchev–Trinajstić information content (AvgIpc) is 3.49. The molecule has 0 saturated carbocycles. The van der Waals surface area contributed by atoms with Gasteiger partial charge in [0.15, 0.2) is 5.82 Å². The zero-order valence-electron chi connectivity index (χ0n) is 22.1. The van der Waals surface area contributed by atoms with Crippen molar-refractivity contribution in [2.75, 3.05) is 23.9 Å². The van der Waals surface area contributed by atoms with Gasteiger partial charge >= 0.3 is 0 Å². The second-order valence-corrected chi connectivity index (χ2v) is 9.73. The van der Waals surface area contributed by atoms with Crippen molar-refractivity contribution in [3.05, 3.63) is 76.7 Å². The molecule has 0 bridgehead atoms. The maximum atomic E-state index is 13.7. The second-order valence-electron chi connectivity index (χ2n) is 9.73. The summed E-state index contributed by atoms with van der Waals surface area (Å²) in [6, 6.07) is 14.0. The molecule has 190 valence electrons. The van der Waals surface area contributed by atoms with E-state index in [1.54, 1.807) is 11.2 Å². The summed E-state index contributed by atoms with van der Waals surface area (Å²) in [5, 5.41) is 11.7. The number of hydrogen-bond donors (Lipinski definition) is 1. The Balaban J connectivity index is 1.53. The number of benzene rings is 1. The highest BCUT2D eigenvalue weighted by Gasteiger charge is 2.33. The van der Waals surface area contributed by atoms with E-state index in [1.165, 1.54) is 0 Å². The summed E-state index contributed by atoms with van der Waals surface area (Å²) in [5.41, 5.74) is 6.41. The number of hydrogen-bond acceptors (Lipinski definition) is 7. The van der Waals surface area contributed by atoms with E-state index >= 15 is 0 Å². The third-order valence-corrected chi connectivity index (χ3v) is 6.94. The lowest BCUT2D eigenvalue weighted by molar-refractivity contribution is 0.0996. The number of carbonyl (C=O) groups excluding carboxylic acids is 1. The Kier molecular flexibility index (Phi) is 6.47. The third kappa shape index (κ3) is 4.35. The minimum Gasteiger partial charge on any atom is -0.357 e. The lowest BCUT2D eigenvalue weighted by Crippen LogP contribution is -2.27. The SMILES string of the molecule is CNCc1nc(N(C)C(C)C)cc2c1CN(c1cccc(-c3nncn3-c3c(C)cccc3C)n1)C2=O. The van der Waals surface area contributed by atoms with Gasteiger partial charge in [0.25, 0.3) is 5.91 Å². The third-order valence-electron chi connectivity index (χ3n) is 6.94. The van der Waals surface area contributed by atoms with E-state index in [-0.39, 0.29) is 11.9 Å². The van der Waals surface area contributed by atoms with Gasteiger partial charge in [-0.15, -0.1) is 10.2 Å². The van der Waals surface area contributed by atoms with Gasteiger partial charge in [0.1, 0.15) is 23.7 Å². The number of carbonyl (C=O) groups is 1. The summed E-state index contributed by atoms with van der Waals surface area (Å²) in [7, 11) is 3.88. The van der Waals surface area contributed by atoms with Gasteiger partial charge in [0.2, 0.25) is 0 Å². The number of nitrogens with zero attached hydrogens (tertiary/aromatic N) is 7. The monoisotopic (exact) mass is 496 g/mol. The van der Waals surface area contributed by atoms with Gasteiger partial charge in [-0.2, -0.15) is 0 Å². The first-order valence-electron chi connectivity index (χ1n) is 12.5. The Hall–Kier alpha value is -4.11. The van der Waals surface area contributed by atoms with E-state index in [9.17, 15) is 4.79 Å². The lowest BCUT2D eigenvalue weighted by atomic mass is 10.1. The van der Waals surface area contributed by atoms with E-state index < -0.39 is 0 Å². The Morgan fingerprint density at radius 1 is 1.08 bits per heavy atom. The Labute approximate surface area is 217 Å². The van der Waals surface area contributed by atoms with Crippen LogP contribution in [0, 0.1) is 13.8 Å². The predicted octanol–water partition coefficient (Wildman–Crippen LogP) is 4.07. The quantitative estimate of drug-likeness (QED) is 0.412. The Bertz CT molecular complexity index is 1450. The molecule has 0 unspecified atom stereocenters. The molecule has 9 nitrogen and oxygen atoms in total. The smallest absolute Gasteiger partial charge is 0.260 e. The lowest BCUT2D eigenvalue weighted by Gasteiger charge is -2.24. The molecule has 0 aliphatic carbocycles. The van der Waals surface area contributed by atoms with Crippen molar-refractivity contribution in [1.29, 1.82) is 0 Å². The number of amides is 1. The maximum Gasteiger partial charge on any atom is 0.260 e. The summed E-state index contributed by atoms with van der Waals surface area (Å²) in [5.74, 6) is 1.91. The van der Waals surface area contributed by atoms with Gasteiger partial charge in [0.05, 0.1) is 23.5 Å². The molecule has 1 aliphatic rings. The van der Waals surface area contributed by atoms with E-state index in [0.717, 1.165) is 33.9 Å². The minimum atomic E-state index is -0.0750. The molecule has 0 fully saturated rings. The summed E-state index contributed by atoms with van der Waals surface area (Å²) >= 11 is 0. The van der Waals surface area contributed by atoms with Gasteiger partial charge in [-0.25, -0.2) is 9.97 Å². The van der Waals surface area contributed by atoms with Crippen LogP contribution in [0.15, 0.2) is 48.8 Å². The number of rotatable bonds is 7. The number of anilines is 2. The number of para-hydroxylation sites is 1. The zero-order valence-corrected chi connectivity index (χ0v) is 22.1. The van der Waals surface area contributed by atoms with E-state index in [2.05, 4.69) is 60.2 Å². The molecule has 1 amide bonds. The molecule has 0 radical (unpaired) electrons. The van der Waals surface area contributed by atoms with Crippen LogP contribution in [0.1, 0.15) is 46.6 Å². The zero-order chi connectivity index (χ0) is 26.3. The summed E-state index contributed by atoms with van der Waals surface area (Å²) in [6.45, 7) is 9.34. The van der Waals surface area contributed by atoms with E-state index in [1.807, 2.05) is 49.0 Å². The van der Waals surface area contributed by atoms with Crippen molar-refractivity contribution in [3.8, 4) is 17.2 Å².